The van der Waals surface area contributed by atoms with Crippen molar-refractivity contribution in [2.75, 3.05) is 12.8 Å². The third kappa shape index (κ3) is 2.89. The van der Waals surface area contributed by atoms with Crippen molar-refractivity contribution in [2.45, 2.75) is 33.2 Å². The summed E-state index contributed by atoms with van der Waals surface area (Å²) in [6.07, 6.45) is 1.93. The Morgan fingerprint density at radius 1 is 1.21 bits per heavy atom. The smallest absolute Gasteiger partial charge is 0.125 e. The molecule has 2 N–H and O–H groups in total. The van der Waals surface area contributed by atoms with Crippen LogP contribution in [0.5, 0.6) is 5.75 Å². The molecule has 1 aromatic carbocycles. The second-order valence-corrected chi connectivity index (χ2v) is 4.56. The average molecular weight is 259 g/mol. The molecule has 1 heterocycles. The van der Waals surface area contributed by atoms with Gasteiger partial charge in [-0.05, 0) is 25.0 Å². The van der Waals surface area contributed by atoms with E-state index in [1.54, 1.807) is 7.11 Å². The summed E-state index contributed by atoms with van der Waals surface area (Å²) in [5.41, 5.74) is 9.96. The average Bonchev–Trinajstić information content (AvgIpc) is 2.83. The molecule has 0 bridgehead atoms. The van der Waals surface area contributed by atoms with E-state index in [1.165, 1.54) is 5.69 Å². The van der Waals surface area contributed by atoms with E-state index in [4.69, 9.17) is 10.5 Å². The van der Waals surface area contributed by atoms with Crippen molar-refractivity contribution in [1.29, 1.82) is 0 Å². The molecule has 102 valence electrons. The fourth-order valence-electron chi connectivity index (χ4n) is 2.16. The molecule has 0 amide bonds. The van der Waals surface area contributed by atoms with Crippen molar-refractivity contribution >= 4 is 5.69 Å². The van der Waals surface area contributed by atoms with Gasteiger partial charge in [0.1, 0.15) is 5.75 Å². The highest BCUT2D eigenvalue weighted by atomic mass is 16.5. The van der Waals surface area contributed by atoms with Crippen LogP contribution < -0.4 is 10.5 Å². The van der Waals surface area contributed by atoms with Crippen molar-refractivity contribution in [3.63, 3.8) is 0 Å². The largest absolute Gasteiger partial charge is 0.496 e. The minimum absolute atomic E-state index is 0.714. The number of aromatic nitrogens is 2. The minimum Gasteiger partial charge on any atom is -0.496 e. The van der Waals surface area contributed by atoms with Gasteiger partial charge in [0.05, 0.1) is 19.3 Å². The predicted molar refractivity (Wildman–Crippen MR) is 77.5 cm³/mol. The molecule has 0 atom stereocenters. The molecule has 0 aliphatic rings. The van der Waals surface area contributed by atoms with Crippen molar-refractivity contribution in [2.24, 2.45) is 0 Å². The van der Waals surface area contributed by atoms with Gasteiger partial charge in [-0.3, -0.25) is 4.68 Å². The first-order chi connectivity index (χ1) is 9.17. The Morgan fingerprint density at radius 3 is 2.63 bits per heavy atom. The van der Waals surface area contributed by atoms with Gasteiger partial charge in [0.15, 0.2) is 0 Å². The SMILES string of the molecule is CCc1cc(CC)n(Cc2ccc(N)cc2OC)n1. The van der Waals surface area contributed by atoms with Crippen LogP contribution in [0.2, 0.25) is 0 Å². The van der Waals surface area contributed by atoms with Crippen LogP contribution in [-0.2, 0) is 19.4 Å². The molecule has 2 rings (SSSR count). The first-order valence-corrected chi connectivity index (χ1v) is 6.65. The van der Waals surface area contributed by atoms with Gasteiger partial charge in [-0.1, -0.05) is 19.9 Å². The monoisotopic (exact) mass is 259 g/mol. The van der Waals surface area contributed by atoms with E-state index in [1.807, 2.05) is 22.9 Å². The Labute approximate surface area is 114 Å². The number of nitrogens with two attached hydrogens (primary N) is 1. The zero-order chi connectivity index (χ0) is 13.8. The van der Waals surface area contributed by atoms with E-state index in [0.717, 1.165) is 29.8 Å². The summed E-state index contributed by atoms with van der Waals surface area (Å²) in [6.45, 7) is 4.98. The van der Waals surface area contributed by atoms with Crippen LogP contribution in [0.1, 0.15) is 30.8 Å². The maximum atomic E-state index is 5.78. The molecule has 0 spiro atoms. The molecule has 0 fully saturated rings. The highest BCUT2D eigenvalue weighted by molar-refractivity contribution is 5.48. The summed E-state index contributed by atoms with van der Waals surface area (Å²) < 4.78 is 7.43. The van der Waals surface area contributed by atoms with Gasteiger partial charge in [0.2, 0.25) is 0 Å². The number of aryl methyl sites for hydroxylation is 2. The van der Waals surface area contributed by atoms with Crippen LogP contribution in [0.3, 0.4) is 0 Å². The lowest BCUT2D eigenvalue weighted by Crippen LogP contribution is -2.07. The van der Waals surface area contributed by atoms with Gasteiger partial charge in [0, 0.05) is 23.0 Å². The fourth-order valence-corrected chi connectivity index (χ4v) is 2.16. The van der Waals surface area contributed by atoms with E-state index in [2.05, 4.69) is 25.0 Å². The highest BCUT2D eigenvalue weighted by Gasteiger charge is 2.09. The lowest BCUT2D eigenvalue weighted by atomic mass is 10.1. The number of hydrogen-bond donors (Lipinski definition) is 1. The summed E-state index contributed by atoms with van der Waals surface area (Å²) in [4.78, 5) is 0. The summed E-state index contributed by atoms with van der Waals surface area (Å²) in [5.74, 6) is 0.815. The van der Waals surface area contributed by atoms with Gasteiger partial charge >= 0.3 is 0 Å². The Balaban J connectivity index is 2.32. The lowest BCUT2D eigenvalue weighted by Gasteiger charge is -2.11. The molecular formula is C15H21N3O. The van der Waals surface area contributed by atoms with Gasteiger partial charge in [0.25, 0.3) is 0 Å². The molecule has 0 radical (unpaired) electrons. The van der Waals surface area contributed by atoms with Gasteiger partial charge in [-0.2, -0.15) is 5.10 Å². The number of hydrogen-bond acceptors (Lipinski definition) is 3. The van der Waals surface area contributed by atoms with Crippen LogP contribution in [0.15, 0.2) is 24.3 Å². The van der Waals surface area contributed by atoms with E-state index < -0.39 is 0 Å². The first-order valence-electron chi connectivity index (χ1n) is 6.65. The van der Waals surface area contributed by atoms with Crippen LogP contribution in [-0.4, -0.2) is 16.9 Å². The number of methoxy groups -OCH3 is 1. The van der Waals surface area contributed by atoms with Crippen molar-refractivity contribution < 1.29 is 4.74 Å². The zero-order valence-electron chi connectivity index (χ0n) is 11.8. The Morgan fingerprint density at radius 2 is 2.00 bits per heavy atom. The third-order valence-electron chi connectivity index (χ3n) is 3.27. The summed E-state index contributed by atoms with van der Waals surface area (Å²) >= 11 is 0. The highest BCUT2D eigenvalue weighted by Crippen LogP contribution is 2.23. The maximum Gasteiger partial charge on any atom is 0.125 e. The Hall–Kier alpha value is -1.97. The van der Waals surface area contributed by atoms with Crippen molar-refractivity contribution in [3.8, 4) is 5.75 Å². The molecule has 1 aromatic heterocycles. The molecule has 19 heavy (non-hydrogen) atoms. The molecule has 2 aromatic rings. The second kappa shape index (κ2) is 5.78. The molecule has 4 heteroatoms. The molecule has 0 aliphatic carbocycles. The number of ether oxygens (including phenoxy) is 1. The molecule has 0 saturated heterocycles. The molecule has 0 unspecified atom stereocenters. The Bertz CT molecular complexity index is 561. The molecule has 0 aliphatic heterocycles. The van der Waals surface area contributed by atoms with Gasteiger partial charge < -0.3 is 10.5 Å². The topological polar surface area (TPSA) is 53.1 Å². The first kappa shape index (κ1) is 13.5. The van der Waals surface area contributed by atoms with Crippen LogP contribution in [0.4, 0.5) is 5.69 Å². The number of anilines is 1. The zero-order valence-corrected chi connectivity index (χ0v) is 11.8. The predicted octanol–water partition coefficient (Wildman–Crippen LogP) is 2.65. The van der Waals surface area contributed by atoms with E-state index >= 15 is 0 Å². The molecule has 4 nitrogen and oxygen atoms in total. The van der Waals surface area contributed by atoms with E-state index in [9.17, 15) is 0 Å². The molecular weight excluding hydrogens is 238 g/mol. The van der Waals surface area contributed by atoms with E-state index in [-0.39, 0.29) is 0 Å². The normalized spacial score (nSPS) is 10.7. The van der Waals surface area contributed by atoms with Crippen LogP contribution in [0.25, 0.3) is 0 Å². The summed E-state index contributed by atoms with van der Waals surface area (Å²) in [5, 5.41) is 4.62. The standard InChI is InChI=1S/C15H21N3O/c1-4-13-9-14(5-2)18(17-13)10-11-6-7-12(16)8-15(11)19-3/h6-9H,4-5,10,16H2,1-3H3. The molecule has 0 saturated carbocycles. The number of rotatable bonds is 5. The summed E-state index contributed by atoms with van der Waals surface area (Å²) in [6, 6.07) is 7.92. The van der Waals surface area contributed by atoms with Gasteiger partial charge in [-0.25, -0.2) is 0 Å². The number of nitrogens with zero attached hydrogens (tertiary/aromatic N) is 2. The lowest BCUT2D eigenvalue weighted by molar-refractivity contribution is 0.407. The van der Waals surface area contributed by atoms with Crippen LogP contribution in [0, 0.1) is 0 Å². The number of nitrogen functional groups attached to an aromatic ring is 1. The van der Waals surface area contributed by atoms with Crippen molar-refractivity contribution in [3.05, 3.63) is 41.2 Å². The van der Waals surface area contributed by atoms with Crippen LogP contribution >= 0.6 is 0 Å². The maximum absolute atomic E-state index is 5.78. The number of benzene rings is 1. The van der Waals surface area contributed by atoms with Crippen molar-refractivity contribution in [1.82, 2.24) is 9.78 Å². The van der Waals surface area contributed by atoms with Gasteiger partial charge in [-0.15, -0.1) is 0 Å². The Kier molecular flexibility index (Phi) is 4.10. The summed E-state index contributed by atoms with van der Waals surface area (Å²) in [7, 11) is 1.67. The minimum atomic E-state index is 0.714. The second-order valence-electron chi connectivity index (χ2n) is 4.56. The quantitative estimate of drug-likeness (QED) is 0.840. The third-order valence-corrected chi connectivity index (χ3v) is 3.27. The fraction of sp³-hybridized carbons (Fsp3) is 0.400. The van der Waals surface area contributed by atoms with E-state index in [0.29, 0.717) is 12.2 Å².